The highest BCUT2D eigenvalue weighted by molar-refractivity contribution is 7.89. The summed E-state index contributed by atoms with van der Waals surface area (Å²) in [7, 11) is -1.83. The Labute approximate surface area is 159 Å². The van der Waals surface area contributed by atoms with E-state index in [1.807, 2.05) is 16.8 Å². The van der Waals surface area contributed by atoms with Crippen LogP contribution in [0, 0.1) is 16.0 Å². The average molecular weight is 398 g/mol. The zero-order valence-corrected chi connectivity index (χ0v) is 16.3. The number of likely N-dealkylation sites (N-methyl/N-ethyl adjacent to an activating group) is 1. The molecule has 150 valence electrons. The first-order valence-electron chi connectivity index (χ1n) is 9.16. The van der Waals surface area contributed by atoms with Gasteiger partial charge in [0, 0.05) is 51.9 Å². The molecule has 2 aliphatic rings. The molecule has 2 heterocycles. The minimum Gasteiger partial charge on any atom is -0.396 e. The maximum Gasteiger partial charge on any atom is 0.293 e. The van der Waals surface area contributed by atoms with Crippen molar-refractivity contribution in [1.29, 1.82) is 0 Å². The van der Waals surface area contributed by atoms with Crippen molar-refractivity contribution >= 4 is 21.4 Å². The Morgan fingerprint density at radius 2 is 1.93 bits per heavy atom. The third-order valence-electron chi connectivity index (χ3n) is 5.36. The Morgan fingerprint density at radius 1 is 1.22 bits per heavy atom. The van der Waals surface area contributed by atoms with Gasteiger partial charge in [-0.2, -0.15) is 4.31 Å². The minimum absolute atomic E-state index is 0.0418. The van der Waals surface area contributed by atoms with Crippen LogP contribution < -0.4 is 4.90 Å². The highest BCUT2D eigenvalue weighted by atomic mass is 32.2. The van der Waals surface area contributed by atoms with Crippen molar-refractivity contribution in [3.05, 3.63) is 28.3 Å². The highest BCUT2D eigenvalue weighted by Gasteiger charge is 2.31. The number of aliphatic hydroxyl groups is 1. The zero-order valence-electron chi connectivity index (χ0n) is 15.5. The van der Waals surface area contributed by atoms with Crippen LogP contribution in [0.2, 0.25) is 0 Å². The average Bonchev–Trinajstić information content (AvgIpc) is 2.67. The van der Waals surface area contributed by atoms with Gasteiger partial charge in [0.15, 0.2) is 0 Å². The summed E-state index contributed by atoms with van der Waals surface area (Å²) in [5.74, 6) is 0.0760. The number of piperidine rings is 1. The summed E-state index contributed by atoms with van der Waals surface area (Å²) < 4.78 is 27.2. The molecule has 27 heavy (non-hydrogen) atoms. The summed E-state index contributed by atoms with van der Waals surface area (Å²) in [6.07, 6.45) is 1.72. The molecule has 0 unspecified atom stereocenters. The van der Waals surface area contributed by atoms with E-state index >= 15 is 0 Å². The molecule has 3 rings (SSSR count). The highest BCUT2D eigenvalue weighted by Crippen LogP contribution is 2.34. The van der Waals surface area contributed by atoms with Crippen molar-refractivity contribution in [1.82, 2.24) is 9.21 Å². The summed E-state index contributed by atoms with van der Waals surface area (Å²) in [5.41, 5.74) is 0.208. The van der Waals surface area contributed by atoms with Gasteiger partial charge in [0.1, 0.15) is 5.69 Å². The van der Waals surface area contributed by atoms with E-state index in [2.05, 4.69) is 0 Å². The number of anilines is 1. The van der Waals surface area contributed by atoms with Crippen LogP contribution >= 0.6 is 0 Å². The van der Waals surface area contributed by atoms with Gasteiger partial charge in [-0.05, 0) is 37.9 Å². The maximum absolute atomic E-state index is 12.9. The zero-order chi connectivity index (χ0) is 19.6. The van der Waals surface area contributed by atoms with E-state index in [0.717, 1.165) is 12.8 Å². The van der Waals surface area contributed by atoms with Crippen molar-refractivity contribution in [3.8, 4) is 0 Å². The van der Waals surface area contributed by atoms with Crippen LogP contribution in [0.3, 0.4) is 0 Å². The number of benzene rings is 1. The van der Waals surface area contributed by atoms with Crippen LogP contribution in [-0.2, 0) is 10.0 Å². The van der Waals surface area contributed by atoms with E-state index in [-0.39, 0.29) is 23.1 Å². The van der Waals surface area contributed by atoms with Crippen LogP contribution in [0.25, 0.3) is 0 Å². The third-order valence-corrected chi connectivity index (χ3v) is 7.26. The number of nitrogens with zero attached hydrogens (tertiary/aromatic N) is 4. The largest absolute Gasteiger partial charge is 0.396 e. The van der Waals surface area contributed by atoms with E-state index in [1.165, 1.54) is 22.5 Å². The Bertz CT molecular complexity index is 793. The number of sulfonamides is 1. The van der Waals surface area contributed by atoms with Crippen LogP contribution in [0.5, 0.6) is 0 Å². The Kier molecular flexibility index (Phi) is 5.99. The van der Waals surface area contributed by atoms with E-state index < -0.39 is 14.9 Å². The molecular formula is C17H26N4O5S. The number of hydrogen-bond acceptors (Lipinski definition) is 7. The quantitative estimate of drug-likeness (QED) is 0.576. The lowest BCUT2D eigenvalue weighted by molar-refractivity contribution is -0.384. The fourth-order valence-corrected chi connectivity index (χ4v) is 5.13. The standard InChI is InChI=1S/C17H26N4O5S/c1-18-7-9-20(10-8-18)27(25,26)15-4-5-16(17(11-15)21(23)24)19-6-2-3-14(12-19)13-22/h4-5,11,14,22H,2-3,6-10,12-13H2,1H3/t14-/m0/s1. The molecule has 1 aromatic rings. The van der Waals surface area contributed by atoms with Crippen molar-refractivity contribution < 1.29 is 18.4 Å². The first-order chi connectivity index (χ1) is 12.8. The van der Waals surface area contributed by atoms with Crippen molar-refractivity contribution in [2.24, 2.45) is 5.92 Å². The van der Waals surface area contributed by atoms with Gasteiger partial charge in [-0.15, -0.1) is 0 Å². The molecular weight excluding hydrogens is 372 g/mol. The van der Waals surface area contributed by atoms with Gasteiger partial charge in [-0.3, -0.25) is 10.1 Å². The molecule has 1 aromatic carbocycles. The van der Waals surface area contributed by atoms with Gasteiger partial charge in [-0.25, -0.2) is 8.42 Å². The molecule has 0 radical (unpaired) electrons. The molecule has 9 nitrogen and oxygen atoms in total. The summed E-state index contributed by atoms with van der Waals surface area (Å²) in [6.45, 7) is 3.24. The molecule has 0 amide bonds. The number of piperazine rings is 1. The van der Waals surface area contributed by atoms with Gasteiger partial charge >= 0.3 is 0 Å². The number of aliphatic hydroxyl groups excluding tert-OH is 1. The maximum atomic E-state index is 12.9. The molecule has 0 bridgehead atoms. The van der Waals surface area contributed by atoms with Gasteiger partial charge in [0.2, 0.25) is 10.0 Å². The first-order valence-corrected chi connectivity index (χ1v) is 10.6. The van der Waals surface area contributed by atoms with E-state index in [0.29, 0.717) is 45.0 Å². The van der Waals surface area contributed by atoms with Crippen LogP contribution in [0.15, 0.2) is 23.1 Å². The summed E-state index contributed by atoms with van der Waals surface area (Å²) in [6, 6.07) is 4.16. The smallest absolute Gasteiger partial charge is 0.293 e. The topological polar surface area (TPSA) is 107 Å². The van der Waals surface area contributed by atoms with Gasteiger partial charge in [0.05, 0.1) is 9.82 Å². The molecule has 2 saturated heterocycles. The van der Waals surface area contributed by atoms with Crippen LogP contribution in [0.1, 0.15) is 12.8 Å². The fourth-order valence-electron chi connectivity index (χ4n) is 3.69. The van der Waals surface area contributed by atoms with Gasteiger partial charge < -0.3 is 14.9 Å². The summed E-state index contributed by atoms with van der Waals surface area (Å²) in [5, 5.41) is 21.0. The second-order valence-corrected chi connectivity index (χ2v) is 9.19. The number of nitro benzene ring substituents is 1. The third kappa shape index (κ3) is 4.23. The van der Waals surface area contributed by atoms with Crippen molar-refractivity contribution in [3.63, 3.8) is 0 Å². The fraction of sp³-hybridized carbons (Fsp3) is 0.647. The molecule has 0 aliphatic carbocycles. The molecule has 2 fully saturated rings. The number of hydrogen-bond donors (Lipinski definition) is 1. The number of nitro groups is 1. The van der Waals surface area contributed by atoms with Crippen molar-refractivity contribution in [2.45, 2.75) is 17.7 Å². The van der Waals surface area contributed by atoms with E-state index in [4.69, 9.17) is 0 Å². The van der Waals surface area contributed by atoms with Gasteiger partial charge in [-0.1, -0.05) is 0 Å². The lowest BCUT2D eigenvalue weighted by Gasteiger charge is -2.33. The van der Waals surface area contributed by atoms with Crippen LogP contribution in [0.4, 0.5) is 11.4 Å². The lowest BCUT2D eigenvalue weighted by atomic mass is 9.98. The normalized spacial score (nSPS) is 22.7. The predicted molar refractivity (Wildman–Crippen MR) is 101 cm³/mol. The van der Waals surface area contributed by atoms with E-state index in [9.17, 15) is 23.6 Å². The Morgan fingerprint density at radius 3 is 2.56 bits per heavy atom. The summed E-state index contributed by atoms with van der Waals surface area (Å²) in [4.78, 5) is 15.0. The SMILES string of the molecule is CN1CCN(S(=O)(=O)c2ccc(N3CCC[C@H](CO)C3)c([N+](=O)[O-])c2)CC1. The lowest BCUT2D eigenvalue weighted by Crippen LogP contribution is -2.47. The Balaban J connectivity index is 1.90. The molecule has 0 saturated carbocycles. The second-order valence-electron chi connectivity index (χ2n) is 7.25. The minimum atomic E-state index is -3.76. The van der Waals surface area contributed by atoms with Gasteiger partial charge in [0.25, 0.3) is 5.69 Å². The molecule has 2 aliphatic heterocycles. The van der Waals surface area contributed by atoms with Crippen molar-refractivity contribution in [2.75, 3.05) is 57.8 Å². The molecule has 0 aromatic heterocycles. The number of rotatable bonds is 5. The predicted octanol–water partition coefficient (Wildman–Crippen LogP) is 0.740. The first kappa shape index (κ1) is 20.0. The monoisotopic (exact) mass is 398 g/mol. The molecule has 10 heteroatoms. The van der Waals surface area contributed by atoms with E-state index in [1.54, 1.807) is 0 Å². The molecule has 0 spiro atoms. The second kappa shape index (κ2) is 8.09. The molecule has 1 atom stereocenters. The van der Waals surface area contributed by atoms with Crippen LogP contribution in [-0.4, -0.2) is 80.6 Å². The Hall–Kier alpha value is -1.75. The molecule has 1 N–H and O–H groups in total. The summed E-state index contributed by atoms with van der Waals surface area (Å²) >= 11 is 0.